The molecule has 0 aliphatic rings. The van der Waals surface area contributed by atoms with E-state index >= 15 is 0 Å². The second-order valence-corrected chi connectivity index (χ2v) is 5.23. The van der Waals surface area contributed by atoms with Gasteiger partial charge in [-0.2, -0.15) is 5.10 Å². The van der Waals surface area contributed by atoms with Gasteiger partial charge in [0.2, 0.25) is 0 Å². The number of nitrogens with one attached hydrogen (secondary N) is 1. The maximum atomic E-state index is 12.3. The number of thioether (sulfide) groups is 1. The van der Waals surface area contributed by atoms with Crippen LogP contribution in [-0.2, 0) is 6.54 Å². The maximum absolute atomic E-state index is 12.3. The second-order valence-electron chi connectivity index (χ2n) is 4.05. The molecule has 7 nitrogen and oxygen atoms in total. The molecular weight excluding hydrogens is 300 g/mol. The van der Waals surface area contributed by atoms with Crippen LogP contribution in [0.5, 0.6) is 0 Å². The molecule has 0 aromatic carbocycles. The van der Waals surface area contributed by atoms with Crippen molar-refractivity contribution in [1.82, 2.24) is 30.0 Å². The van der Waals surface area contributed by atoms with Crippen LogP contribution in [0.3, 0.4) is 0 Å². The Kier molecular flexibility index (Phi) is 4.56. The van der Waals surface area contributed by atoms with Gasteiger partial charge in [-0.1, -0.05) is 23.4 Å². The van der Waals surface area contributed by atoms with Crippen LogP contribution in [0.4, 0.5) is 0 Å². The molecule has 106 valence electrons. The molecule has 0 radical (unpaired) electrons. The molecule has 0 aliphatic carbocycles. The average molecular weight is 313 g/mol. The van der Waals surface area contributed by atoms with Gasteiger partial charge in [0.15, 0.2) is 16.7 Å². The first-order chi connectivity index (χ1) is 9.51. The highest BCUT2D eigenvalue weighted by Gasteiger charge is 2.19. The number of H-pyrrole nitrogens is 1. The summed E-state index contributed by atoms with van der Waals surface area (Å²) in [6.45, 7) is 2.07. The first kappa shape index (κ1) is 14.7. The summed E-state index contributed by atoms with van der Waals surface area (Å²) in [6.07, 6.45) is 3.26. The molecule has 2 aromatic rings. The molecule has 2 aromatic heterocycles. The van der Waals surface area contributed by atoms with Gasteiger partial charge in [0.05, 0.1) is 17.8 Å². The summed E-state index contributed by atoms with van der Waals surface area (Å²) in [4.78, 5) is 26.1. The smallest absolute Gasteiger partial charge is 0.274 e. The summed E-state index contributed by atoms with van der Waals surface area (Å²) in [5.41, 5.74) is 0.181. The molecule has 9 heteroatoms. The van der Waals surface area contributed by atoms with Crippen LogP contribution >= 0.6 is 23.4 Å². The average Bonchev–Trinajstić information content (AvgIpc) is 2.84. The molecule has 0 unspecified atom stereocenters. The number of hydrogen-bond donors (Lipinski definition) is 1. The van der Waals surface area contributed by atoms with E-state index in [1.807, 2.05) is 6.26 Å². The fraction of sp³-hybridized carbons (Fsp3) is 0.364. The summed E-state index contributed by atoms with van der Waals surface area (Å²) in [6, 6.07) is 0. The molecule has 0 fully saturated rings. The van der Waals surface area contributed by atoms with E-state index in [0.29, 0.717) is 16.8 Å². The van der Waals surface area contributed by atoms with Gasteiger partial charge in [0.1, 0.15) is 5.82 Å². The lowest BCUT2D eigenvalue weighted by Crippen LogP contribution is -2.28. The standard InChI is InChI=1S/C11H13ClN6OS/c1-6-14-8(17-16-6)5-18(2)10(19)9-7(12)4-13-11(15-9)20-3/h4H,5H2,1-3H3,(H,14,16,17). The second kappa shape index (κ2) is 6.19. The van der Waals surface area contributed by atoms with Crippen molar-refractivity contribution < 1.29 is 4.79 Å². The van der Waals surface area contributed by atoms with E-state index < -0.39 is 0 Å². The van der Waals surface area contributed by atoms with Crippen molar-refractivity contribution in [2.45, 2.75) is 18.6 Å². The summed E-state index contributed by atoms with van der Waals surface area (Å²) in [5, 5.41) is 7.44. The summed E-state index contributed by atoms with van der Waals surface area (Å²) >= 11 is 7.33. The van der Waals surface area contributed by atoms with Crippen molar-refractivity contribution in [3.8, 4) is 0 Å². The van der Waals surface area contributed by atoms with Crippen LogP contribution in [0.2, 0.25) is 5.02 Å². The fourth-order valence-electron chi connectivity index (χ4n) is 1.52. The first-order valence-corrected chi connectivity index (χ1v) is 7.31. The Morgan fingerprint density at radius 3 is 2.85 bits per heavy atom. The van der Waals surface area contributed by atoms with Gasteiger partial charge in [-0.05, 0) is 13.2 Å². The first-order valence-electron chi connectivity index (χ1n) is 5.71. The third kappa shape index (κ3) is 3.26. The summed E-state index contributed by atoms with van der Waals surface area (Å²) in [5.74, 6) is 0.939. The number of rotatable bonds is 4. The zero-order valence-electron chi connectivity index (χ0n) is 11.2. The van der Waals surface area contributed by atoms with E-state index in [0.717, 1.165) is 0 Å². The predicted octanol–water partition coefficient (Wildman–Crippen LogP) is 1.55. The minimum absolute atomic E-state index is 0.181. The molecular formula is C11H13ClN6OS. The van der Waals surface area contributed by atoms with Gasteiger partial charge in [-0.15, -0.1) is 0 Å². The van der Waals surface area contributed by atoms with Crippen LogP contribution < -0.4 is 0 Å². The van der Waals surface area contributed by atoms with E-state index in [1.165, 1.54) is 22.9 Å². The SMILES string of the molecule is CSc1ncc(Cl)c(C(=O)N(C)Cc2n[nH]c(C)n2)n1. The number of carbonyl (C=O) groups excluding carboxylic acids is 1. The Bertz CT molecular complexity index is 631. The molecule has 0 saturated carbocycles. The van der Waals surface area contributed by atoms with Crippen LogP contribution in [0.25, 0.3) is 0 Å². The van der Waals surface area contributed by atoms with Gasteiger partial charge in [0.25, 0.3) is 5.91 Å². The molecule has 0 atom stereocenters. The topological polar surface area (TPSA) is 87.7 Å². The van der Waals surface area contributed by atoms with E-state index in [-0.39, 0.29) is 23.2 Å². The number of amides is 1. The van der Waals surface area contributed by atoms with Crippen molar-refractivity contribution in [1.29, 1.82) is 0 Å². The number of aryl methyl sites for hydroxylation is 1. The van der Waals surface area contributed by atoms with E-state index in [4.69, 9.17) is 11.6 Å². The third-order valence-corrected chi connectivity index (χ3v) is 3.31. The fourth-order valence-corrected chi connectivity index (χ4v) is 2.04. The summed E-state index contributed by atoms with van der Waals surface area (Å²) < 4.78 is 0. The van der Waals surface area contributed by atoms with Gasteiger partial charge >= 0.3 is 0 Å². The Balaban J connectivity index is 2.17. The van der Waals surface area contributed by atoms with Crippen molar-refractivity contribution >= 4 is 29.3 Å². The molecule has 0 aliphatic heterocycles. The molecule has 0 spiro atoms. The molecule has 20 heavy (non-hydrogen) atoms. The monoisotopic (exact) mass is 312 g/mol. The Morgan fingerprint density at radius 1 is 1.50 bits per heavy atom. The van der Waals surface area contributed by atoms with Gasteiger partial charge < -0.3 is 4.90 Å². The maximum Gasteiger partial charge on any atom is 0.274 e. The lowest BCUT2D eigenvalue weighted by Gasteiger charge is -2.15. The minimum Gasteiger partial charge on any atom is -0.333 e. The lowest BCUT2D eigenvalue weighted by atomic mass is 10.3. The molecule has 1 amide bonds. The number of nitrogens with zero attached hydrogens (tertiary/aromatic N) is 5. The zero-order valence-corrected chi connectivity index (χ0v) is 12.8. The number of aromatic amines is 1. The van der Waals surface area contributed by atoms with Gasteiger partial charge in [0, 0.05) is 7.05 Å². The van der Waals surface area contributed by atoms with Gasteiger partial charge in [-0.3, -0.25) is 9.89 Å². The molecule has 0 bridgehead atoms. The predicted molar refractivity (Wildman–Crippen MR) is 75.7 cm³/mol. The number of carbonyl (C=O) groups is 1. The number of halogens is 1. The quantitative estimate of drug-likeness (QED) is 0.681. The zero-order chi connectivity index (χ0) is 14.7. The van der Waals surface area contributed by atoms with Crippen molar-refractivity contribution in [2.24, 2.45) is 0 Å². The van der Waals surface area contributed by atoms with E-state index in [1.54, 1.807) is 14.0 Å². The minimum atomic E-state index is -0.296. The Morgan fingerprint density at radius 2 is 2.25 bits per heavy atom. The Hall–Kier alpha value is -1.67. The number of hydrogen-bond acceptors (Lipinski definition) is 6. The normalized spacial score (nSPS) is 10.6. The van der Waals surface area contributed by atoms with Crippen molar-refractivity contribution in [3.05, 3.63) is 28.6 Å². The lowest BCUT2D eigenvalue weighted by molar-refractivity contribution is 0.0775. The van der Waals surface area contributed by atoms with Gasteiger partial charge in [-0.25, -0.2) is 15.0 Å². The van der Waals surface area contributed by atoms with Crippen LogP contribution in [0.1, 0.15) is 22.1 Å². The van der Waals surface area contributed by atoms with E-state index in [9.17, 15) is 4.79 Å². The third-order valence-electron chi connectivity index (χ3n) is 2.48. The number of aromatic nitrogens is 5. The molecule has 1 N–H and O–H groups in total. The van der Waals surface area contributed by atoms with Crippen LogP contribution in [-0.4, -0.2) is 49.3 Å². The molecule has 0 saturated heterocycles. The largest absolute Gasteiger partial charge is 0.333 e. The highest BCUT2D eigenvalue weighted by atomic mass is 35.5. The molecule has 2 rings (SSSR count). The highest BCUT2D eigenvalue weighted by Crippen LogP contribution is 2.18. The van der Waals surface area contributed by atoms with E-state index in [2.05, 4.69) is 25.1 Å². The van der Waals surface area contributed by atoms with Crippen LogP contribution in [0, 0.1) is 6.92 Å². The highest BCUT2D eigenvalue weighted by molar-refractivity contribution is 7.98. The van der Waals surface area contributed by atoms with Crippen molar-refractivity contribution in [3.63, 3.8) is 0 Å². The molecule has 2 heterocycles. The summed E-state index contributed by atoms with van der Waals surface area (Å²) in [7, 11) is 1.64. The van der Waals surface area contributed by atoms with Crippen molar-refractivity contribution in [2.75, 3.05) is 13.3 Å². The van der Waals surface area contributed by atoms with Crippen LogP contribution in [0.15, 0.2) is 11.4 Å². The Labute approximate surface area is 125 Å².